The molecule has 92 valence electrons. The fourth-order valence-corrected chi connectivity index (χ4v) is 2.29. The van der Waals surface area contributed by atoms with E-state index < -0.39 is 12.3 Å². The van der Waals surface area contributed by atoms with Gasteiger partial charge in [0.25, 0.3) is 0 Å². The fourth-order valence-electron chi connectivity index (χ4n) is 2.29. The van der Waals surface area contributed by atoms with Crippen LogP contribution in [0, 0.1) is 5.92 Å². The van der Waals surface area contributed by atoms with Gasteiger partial charge in [-0.2, -0.15) is 0 Å². The molecule has 1 aromatic carbocycles. The van der Waals surface area contributed by atoms with E-state index >= 15 is 0 Å². The van der Waals surface area contributed by atoms with Gasteiger partial charge < -0.3 is 10.0 Å². The fraction of sp³-hybridized carbons (Fsp3) is 0.462. The van der Waals surface area contributed by atoms with Gasteiger partial charge >= 0.3 is 6.09 Å². The topological polar surface area (TPSA) is 40.5 Å². The van der Waals surface area contributed by atoms with Crippen LogP contribution >= 0.6 is 0 Å². The van der Waals surface area contributed by atoms with Crippen LogP contribution in [0.4, 0.5) is 9.18 Å². The molecule has 4 heteroatoms. The van der Waals surface area contributed by atoms with Crippen LogP contribution < -0.4 is 0 Å². The molecule has 1 fully saturated rings. The average molecular weight is 237 g/mol. The van der Waals surface area contributed by atoms with E-state index in [-0.39, 0.29) is 5.92 Å². The summed E-state index contributed by atoms with van der Waals surface area (Å²) in [6, 6.07) is 9.09. The van der Waals surface area contributed by atoms with Crippen LogP contribution in [0.25, 0.3) is 0 Å². The number of nitrogens with zero attached hydrogens (tertiary/aromatic N) is 1. The Morgan fingerprint density at radius 3 is 2.41 bits per heavy atom. The summed E-state index contributed by atoms with van der Waals surface area (Å²) in [5.41, 5.74) is 0.696. The molecule has 2 rings (SSSR count). The molecule has 1 heterocycles. The Morgan fingerprint density at radius 2 is 1.88 bits per heavy atom. The van der Waals surface area contributed by atoms with Gasteiger partial charge in [0, 0.05) is 13.1 Å². The number of hydrogen-bond donors (Lipinski definition) is 1. The first-order chi connectivity index (χ1) is 8.18. The van der Waals surface area contributed by atoms with Crippen LogP contribution in [-0.2, 0) is 0 Å². The largest absolute Gasteiger partial charge is 0.465 e. The molecule has 1 aliphatic rings. The Balaban J connectivity index is 1.95. The van der Waals surface area contributed by atoms with Crippen LogP contribution in [-0.4, -0.2) is 29.2 Å². The number of carboxylic acid groups (broad SMARTS) is 1. The second-order valence-corrected chi connectivity index (χ2v) is 4.42. The lowest BCUT2D eigenvalue weighted by Crippen LogP contribution is -2.38. The molecule has 1 aromatic rings. The number of piperidine rings is 1. The van der Waals surface area contributed by atoms with Crippen molar-refractivity contribution in [1.82, 2.24) is 4.90 Å². The normalized spacial score (nSPS) is 19.0. The lowest BCUT2D eigenvalue weighted by Gasteiger charge is -2.31. The summed E-state index contributed by atoms with van der Waals surface area (Å²) in [6.45, 7) is 0.876. The van der Waals surface area contributed by atoms with E-state index in [1.54, 1.807) is 12.1 Å². The first-order valence-electron chi connectivity index (χ1n) is 5.85. The molecule has 3 nitrogen and oxygen atoms in total. The van der Waals surface area contributed by atoms with E-state index in [4.69, 9.17) is 5.11 Å². The van der Waals surface area contributed by atoms with E-state index in [0.29, 0.717) is 31.5 Å². The summed E-state index contributed by atoms with van der Waals surface area (Å²) >= 11 is 0. The first kappa shape index (κ1) is 11.9. The molecule has 1 unspecified atom stereocenters. The van der Waals surface area contributed by atoms with Crippen molar-refractivity contribution in [2.75, 3.05) is 13.1 Å². The maximum Gasteiger partial charge on any atom is 0.407 e. The van der Waals surface area contributed by atoms with Crippen molar-refractivity contribution >= 4 is 6.09 Å². The SMILES string of the molecule is O=C(O)N1CCC(C(F)c2ccccc2)CC1. The van der Waals surface area contributed by atoms with Crippen LogP contribution in [0.5, 0.6) is 0 Å². The van der Waals surface area contributed by atoms with Crippen molar-refractivity contribution in [2.45, 2.75) is 19.0 Å². The third kappa shape index (κ3) is 2.75. The number of rotatable bonds is 2. The minimum atomic E-state index is -0.979. The summed E-state index contributed by atoms with van der Waals surface area (Å²) in [4.78, 5) is 12.1. The van der Waals surface area contributed by atoms with Crippen molar-refractivity contribution in [3.63, 3.8) is 0 Å². The number of amides is 1. The highest BCUT2D eigenvalue weighted by atomic mass is 19.1. The Labute approximate surface area is 99.9 Å². The molecule has 1 aliphatic heterocycles. The Bertz CT molecular complexity index is 374. The van der Waals surface area contributed by atoms with Gasteiger partial charge in [0.2, 0.25) is 0 Å². The predicted octanol–water partition coefficient (Wildman–Crippen LogP) is 3.09. The Hall–Kier alpha value is -1.58. The van der Waals surface area contributed by atoms with Gasteiger partial charge in [0.1, 0.15) is 6.17 Å². The molecule has 0 aliphatic carbocycles. The average Bonchev–Trinajstić information content (AvgIpc) is 2.39. The summed E-state index contributed by atoms with van der Waals surface area (Å²) in [5.74, 6) is -0.0620. The van der Waals surface area contributed by atoms with E-state index in [2.05, 4.69) is 0 Å². The third-order valence-electron chi connectivity index (χ3n) is 3.34. The van der Waals surface area contributed by atoms with Crippen molar-refractivity contribution < 1.29 is 14.3 Å². The Morgan fingerprint density at radius 1 is 1.29 bits per heavy atom. The van der Waals surface area contributed by atoms with E-state index in [1.807, 2.05) is 18.2 Å². The van der Waals surface area contributed by atoms with Gasteiger partial charge in [-0.3, -0.25) is 0 Å². The van der Waals surface area contributed by atoms with Gasteiger partial charge in [-0.05, 0) is 24.3 Å². The number of hydrogen-bond acceptors (Lipinski definition) is 1. The molecule has 0 radical (unpaired) electrons. The maximum atomic E-state index is 14.2. The number of carbonyl (C=O) groups is 1. The molecule has 0 spiro atoms. The molecule has 1 saturated heterocycles. The van der Waals surface area contributed by atoms with Crippen molar-refractivity contribution in [3.05, 3.63) is 35.9 Å². The summed E-state index contributed by atoms with van der Waals surface area (Å²) in [7, 11) is 0. The van der Waals surface area contributed by atoms with E-state index in [0.717, 1.165) is 0 Å². The van der Waals surface area contributed by atoms with Crippen molar-refractivity contribution in [1.29, 1.82) is 0 Å². The van der Waals surface area contributed by atoms with Crippen LogP contribution in [0.2, 0.25) is 0 Å². The van der Waals surface area contributed by atoms with Gasteiger partial charge in [0.05, 0.1) is 0 Å². The molecule has 0 saturated carbocycles. The standard InChI is InChI=1S/C13H16FNO2/c14-12(10-4-2-1-3-5-10)11-6-8-15(9-7-11)13(16)17/h1-5,11-12H,6-9H2,(H,16,17). The Kier molecular flexibility index (Phi) is 3.61. The lowest BCUT2D eigenvalue weighted by molar-refractivity contribution is 0.101. The zero-order valence-electron chi connectivity index (χ0n) is 9.55. The molecule has 1 amide bonds. The minimum Gasteiger partial charge on any atom is -0.465 e. The first-order valence-corrected chi connectivity index (χ1v) is 5.85. The second kappa shape index (κ2) is 5.17. The van der Waals surface area contributed by atoms with Crippen molar-refractivity contribution in [3.8, 4) is 0 Å². The summed E-state index contributed by atoms with van der Waals surface area (Å²) in [5, 5.41) is 8.81. The summed E-state index contributed by atoms with van der Waals surface area (Å²) < 4.78 is 14.2. The quantitative estimate of drug-likeness (QED) is 0.858. The molecule has 0 aromatic heterocycles. The zero-order valence-corrected chi connectivity index (χ0v) is 9.55. The van der Waals surface area contributed by atoms with E-state index in [9.17, 15) is 9.18 Å². The van der Waals surface area contributed by atoms with E-state index in [1.165, 1.54) is 4.90 Å². The lowest BCUT2D eigenvalue weighted by atomic mass is 9.88. The van der Waals surface area contributed by atoms with Crippen LogP contribution in [0.15, 0.2) is 30.3 Å². The van der Waals surface area contributed by atoms with Crippen LogP contribution in [0.3, 0.4) is 0 Å². The molecular formula is C13H16FNO2. The molecule has 0 bridgehead atoms. The van der Waals surface area contributed by atoms with Gasteiger partial charge in [-0.15, -0.1) is 0 Å². The molecular weight excluding hydrogens is 221 g/mol. The number of alkyl halides is 1. The minimum absolute atomic E-state index is 0.0620. The second-order valence-electron chi connectivity index (χ2n) is 4.42. The summed E-state index contributed by atoms with van der Waals surface area (Å²) in [6.07, 6.45) is -0.684. The monoisotopic (exact) mass is 237 g/mol. The maximum absolute atomic E-state index is 14.2. The highest BCUT2D eigenvalue weighted by Crippen LogP contribution is 2.33. The highest BCUT2D eigenvalue weighted by molar-refractivity contribution is 5.64. The predicted molar refractivity (Wildman–Crippen MR) is 62.6 cm³/mol. The number of likely N-dealkylation sites (tertiary alicyclic amines) is 1. The highest BCUT2D eigenvalue weighted by Gasteiger charge is 2.28. The van der Waals surface area contributed by atoms with Gasteiger partial charge in [0.15, 0.2) is 0 Å². The third-order valence-corrected chi connectivity index (χ3v) is 3.34. The zero-order chi connectivity index (χ0) is 12.3. The molecule has 17 heavy (non-hydrogen) atoms. The van der Waals surface area contributed by atoms with Gasteiger partial charge in [-0.1, -0.05) is 30.3 Å². The van der Waals surface area contributed by atoms with Gasteiger partial charge in [-0.25, -0.2) is 9.18 Å². The number of halogens is 1. The smallest absolute Gasteiger partial charge is 0.407 e. The van der Waals surface area contributed by atoms with Crippen LogP contribution in [0.1, 0.15) is 24.6 Å². The number of benzene rings is 1. The van der Waals surface area contributed by atoms with Crippen molar-refractivity contribution in [2.24, 2.45) is 5.92 Å². The molecule has 1 N–H and O–H groups in total. The molecule has 1 atom stereocenters.